The molecule has 0 bridgehead atoms. The van der Waals surface area contributed by atoms with Gasteiger partial charge in [0.1, 0.15) is 12.4 Å². The van der Waals surface area contributed by atoms with Crippen LogP contribution in [-0.4, -0.2) is 39.6 Å². The number of amides is 2. The van der Waals surface area contributed by atoms with Crippen LogP contribution in [0.5, 0.6) is 0 Å². The molecule has 9 heteroatoms. The van der Waals surface area contributed by atoms with Crippen LogP contribution in [-0.2, 0) is 16.4 Å². The van der Waals surface area contributed by atoms with Gasteiger partial charge >= 0.3 is 6.18 Å². The van der Waals surface area contributed by atoms with Gasteiger partial charge in [0, 0.05) is 23.6 Å². The minimum absolute atomic E-state index is 0.131. The molecule has 3 aromatic rings. The summed E-state index contributed by atoms with van der Waals surface area (Å²) < 4.78 is 40.7. The van der Waals surface area contributed by atoms with Gasteiger partial charge in [-0.15, -0.1) is 0 Å². The summed E-state index contributed by atoms with van der Waals surface area (Å²) in [5.41, 5.74) is 0.197. The topological polar surface area (TPSA) is 67.2 Å². The van der Waals surface area contributed by atoms with E-state index in [1.807, 2.05) is 51.1 Å². The highest BCUT2D eigenvalue weighted by molar-refractivity contribution is 5.99. The van der Waals surface area contributed by atoms with Crippen molar-refractivity contribution >= 4 is 17.6 Å². The van der Waals surface area contributed by atoms with Crippen molar-refractivity contribution in [3.8, 4) is 5.69 Å². The van der Waals surface area contributed by atoms with Gasteiger partial charge in [-0.1, -0.05) is 45.0 Å². The lowest BCUT2D eigenvalue weighted by Gasteiger charge is -2.21. The first kappa shape index (κ1) is 25.0. The van der Waals surface area contributed by atoms with Crippen LogP contribution in [0.2, 0.25) is 0 Å². The minimum Gasteiger partial charge on any atom is -0.330 e. The summed E-state index contributed by atoms with van der Waals surface area (Å²) in [6.45, 7) is 7.49. The summed E-state index contributed by atoms with van der Waals surface area (Å²) in [6.07, 6.45) is -4.56. The molecule has 0 saturated carbocycles. The van der Waals surface area contributed by atoms with E-state index in [0.717, 1.165) is 23.5 Å². The molecule has 2 aromatic carbocycles. The van der Waals surface area contributed by atoms with Crippen molar-refractivity contribution < 1.29 is 22.8 Å². The van der Waals surface area contributed by atoms with Gasteiger partial charge in [0.15, 0.2) is 0 Å². The number of hydrogen-bond donors (Lipinski definition) is 1. The van der Waals surface area contributed by atoms with Gasteiger partial charge in [-0.2, -0.15) is 18.3 Å². The lowest BCUT2D eigenvalue weighted by Crippen LogP contribution is -2.38. The van der Waals surface area contributed by atoms with E-state index in [-0.39, 0.29) is 24.1 Å². The number of alkyl halides is 3. The first-order chi connectivity index (χ1) is 15.9. The first-order valence-corrected chi connectivity index (χ1v) is 10.8. The normalized spacial score (nSPS) is 11.9. The molecule has 0 fully saturated rings. The molecule has 180 valence electrons. The number of carbonyl (C=O) groups is 2. The molecule has 3 rings (SSSR count). The van der Waals surface area contributed by atoms with Crippen molar-refractivity contribution in [3.63, 3.8) is 0 Å². The minimum atomic E-state index is -4.56. The molecule has 6 nitrogen and oxygen atoms in total. The molecule has 0 radical (unpaired) electrons. The maximum atomic E-state index is 13.0. The van der Waals surface area contributed by atoms with E-state index in [1.54, 1.807) is 17.7 Å². The van der Waals surface area contributed by atoms with Crippen LogP contribution in [0.4, 0.5) is 19.0 Å². The monoisotopic (exact) mass is 472 g/mol. The summed E-state index contributed by atoms with van der Waals surface area (Å²) in [5.74, 6) is -0.709. The Morgan fingerprint density at radius 2 is 1.68 bits per heavy atom. The van der Waals surface area contributed by atoms with Crippen molar-refractivity contribution in [1.82, 2.24) is 14.7 Å². The van der Waals surface area contributed by atoms with Crippen LogP contribution < -0.4 is 5.32 Å². The van der Waals surface area contributed by atoms with Gasteiger partial charge < -0.3 is 10.2 Å². The number of nitrogens with one attached hydrogen (secondary N) is 1. The molecule has 1 aromatic heterocycles. The molecule has 0 spiro atoms. The molecule has 0 saturated heterocycles. The summed E-state index contributed by atoms with van der Waals surface area (Å²) in [6, 6.07) is 15.2. The molecule has 0 aliphatic heterocycles. The zero-order valence-corrected chi connectivity index (χ0v) is 19.5. The van der Waals surface area contributed by atoms with Crippen molar-refractivity contribution in [2.24, 2.45) is 0 Å². The number of para-hydroxylation sites is 1. The zero-order chi connectivity index (χ0) is 25.1. The standard InChI is InChI=1S/C25H27F3N4O2/c1-5-31(23(34)17-10-9-11-18(14-17)25(26,27)28)16-22(33)29-21-15-20(24(2,3)4)30-32(21)19-12-7-6-8-13-19/h6-15H,5,16H2,1-4H3,(H,29,33). The van der Waals surface area contributed by atoms with Crippen molar-refractivity contribution in [2.45, 2.75) is 39.3 Å². The maximum Gasteiger partial charge on any atom is 0.416 e. The second-order valence-corrected chi connectivity index (χ2v) is 8.86. The Balaban J connectivity index is 1.82. The number of hydrogen-bond acceptors (Lipinski definition) is 3. The highest BCUT2D eigenvalue weighted by Gasteiger charge is 2.31. The zero-order valence-electron chi connectivity index (χ0n) is 19.5. The van der Waals surface area contributed by atoms with Crippen LogP contribution in [0.15, 0.2) is 60.7 Å². The number of benzene rings is 2. The van der Waals surface area contributed by atoms with Gasteiger partial charge in [0.25, 0.3) is 5.91 Å². The number of carbonyl (C=O) groups excluding carboxylic acids is 2. The Hall–Kier alpha value is -3.62. The summed E-state index contributed by atoms with van der Waals surface area (Å²) in [5, 5.41) is 7.43. The third-order valence-electron chi connectivity index (χ3n) is 5.19. The first-order valence-electron chi connectivity index (χ1n) is 10.8. The van der Waals surface area contributed by atoms with E-state index in [1.165, 1.54) is 17.0 Å². The van der Waals surface area contributed by atoms with Crippen LogP contribution in [0, 0.1) is 0 Å². The molecular formula is C25H27F3N4O2. The number of rotatable bonds is 6. The van der Waals surface area contributed by atoms with E-state index in [0.29, 0.717) is 5.82 Å². The Labute approximate surface area is 196 Å². The van der Waals surface area contributed by atoms with Gasteiger partial charge in [0.05, 0.1) is 16.9 Å². The fourth-order valence-corrected chi connectivity index (χ4v) is 3.30. The molecule has 1 heterocycles. The SMILES string of the molecule is CCN(CC(=O)Nc1cc(C(C)(C)C)nn1-c1ccccc1)C(=O)c1cccc(C(F)(F)F)c1. The fraction of sp³-hybridized carbons (Fsp3) is 0.320. The van der Waals surface area contributed by atoms with E-state index >= 15 is 0 Å². The lowest BCUT2D eigenvalue weighted by atomic mass is 9.92. The number of aromatic nitrogens is 2. The quantitative estimate of drug-likeness (QED) is 0.530. The number of likely N-dealkylation sites (N-methyl/N-ethyl adjacent to an activating group) is 1. The van der Waals surface area contributed by atoms with E-state index < -0.39 is 23.6 Å². The Bertz CT molecular complexity index is 1160. The fourth-order valence-electron chi connectivity index (χ4n) is 3.30. The van der Waals surface area contributed by atoms with Gasteiger partial charge in [0.2, 0.25) is 5.91 Å². The number of halogens is 3. The predicted octanol–water partition coefficient (Wildman–Crippen LogP) is 5.29. The Kier molecular flexibility index (Phi) is 7.14. The number of anilines is 1. The van der Waals surface area contributed by atoms with Crippen molar-refractivity contribution in [3.05, 3.63) is 77.5 Å². The third kappa shape index (κ3) is 5.84. The Morgan fingerprint density at radius 3 is 2.26 bits per heavy atom. The number of nitrogens with zero attached hydrogens (tertiary/aromatic N) is 3. The highest BCUT2D eigenvalue weighted by Crippen LogP contribution is 2.30. The van der Waals surface area contributed by atoms with Gasteiger partial charge in [-0.25, -0.2) is 4.68 Å². The van der Waals surface area contributed by atoms with E-state index in [2.05, 4.69) is 10.4 Å². The molecule has 1 N–H and O–H groups in total. The smallest absolute Gasteiger partial charge is 0.330 e. The summed E-state index contributed by atoms with van der Waals surface area (Å²) in [7, 11) is 0. The molecule has 0 atom stereocenters. The second-order valence-electron chi connectivity index (χ2n) is 8.86. The summed E-state index contributed by atoms with van der Waals surface area (Å²) >= 11 is 0. The average Bonchev–Trinajstić information content (AvgIpc) is 3.21. The second kappa shape index (κ2) is 9.70. The van der Waals surface area contributed by atoms with E-state index in [4.69, 9.17) is 0 Å². The molecule has 0 aliphatic carbocycles. The summed E-state index contributed by atoms with van der Waals surface area (Å²) in [4.78, 5) is 26.9. The largest absolute Gasteiger partial charge is 0.416 e. The van der Waals surface area contributed by atoms with Crippen molar-refractivity contribution in [2.75, 3.05) is 18.4 Å². The molecule has 2 amide bonds. The predicted molar refractivity (Wildman–Crippen MR) is 124 cm³/mol. The van der Waals surface area contributed by atoms with Crippen LogP contribution in [0.3, 0.4) is 0 Å². The average molecular weight is 473 g/mol. The van der Waals surface area contributed by atoms with Gasteiger partial charge in [-0.3, -0.25) is 9.59 Å². The van der Waals surface area contributed by atoms with Crippen LogP contribution in [0.1, 0.15) is 49.3 Å². The van der Waals surface area contributed by atoms with Crippen LogP contribution in [0.25, 0.3) is 5.69 Å². The van der Waals surface area contributed by atoms with Crippen LogP contribution >= 0.6 is 0 Å². The third-order valence-corrected chi connectivity index (χ3v) is 5.19. The highest BCUT2D eigenvalue weighted by atomic mass is 19.4. The Morgan fingerprint density at radius 1 is 1.00 bits per heavy atom. The molecule has 0 unspecified atom stereocenters. The molecule has 34 heavy (non-hydrogen) atoms. The maximum absolute atomic E-state index is 13.0. The van der Waals surface area contributed by atoms with E-state index in [9.17, 15) is 22.8 Å². The van der Waals surface area contributed by atoms with Gasteiger partial charge in [-0.05, 0) is 37.3 Å². The van der Waals surface area contributed by atoms with Crippen molar-refractivity contribution in [1.29, 1.82) is 0 Å². The molecular weight excluding hydrogens is 445 g/mol. The lowest BCUT2D eigenvalue weighted by molar-refractivity contribution is -0.137. The molecule has 0 aliphatic rings.